The van der Waals surface area contributed by atoms with E-state index in [2.05, 4.69) is 5.32 Å². The lowest BCUT2D eigenvalue weighted by Gasteiger charge is -2.24. The Hall–Kier alpha value is -2.82. The summed E-state index contributed by atoms with van der Waals surface area (Å²) in [5.41, 5.74) is 3.01. The number of halogens is 2. The summed E-state index contributed by atoms with van der Waals surface area (Å²) < 4.78 is 0. The number of carbonyl (C=O) groups is 2. The van der Waals surface area contributed by atoms with E-state index in [9.17, 15) is 9.59 Å². The topological polar surface area (TPSA) is 49.4 Å². The first-order chi connectivity index (χ1) is 15.5. The van der Waals surface area contributed by atoms with Crippen LogP contribution in [-0.4, -0.2) is 18.4 Å². The van der Waals surface area contributed by atoms with Crippen LogP contribution < -0.4 is 10.2 Å². The second-order valence-corrected chi connectivity index (χ2v) is 8.94. The van der Waals surface area contributed by atoms with Crippen LogP contribution >= 0.6 is 23.2 Å². The average molecular weight is 467 g/mol. The highest BCUT2D eigenvalue weighted by Crippen LogP contribution is 2.28. The van der Waals surface area contributed by atoms with Gasteiger partial charge in [-0.1, -0.05) is 65.7 Å². The largest absolute Gasteiger partial charge is 0.356 e. The minimum atomic E-state index is -0.217. The van der Waals surface area contributed by atoms with Gasteiger partial charge in [0.05, 0.1) is 23.6 Å². The number of amides is 2. The molecule has 1 aliphatic carbocycles. The third kappa shape index (κ3) is 5.90. The van der Waals surface area contributed by atoms with Gasteiger partial charge in [0.2, 0.25) is 5.91 Å². The molecule has 0 heterocycles. The van der Waals surface area contributed by atoms with Crippen molar-refractivity contribution in [3.8, 4) is 0 Å². The zero-order valence-electron chi connectivity index (χ0n) is 17.6. The minimum Gasteiger partial charge on any atom is -0.356 e. The Bertz CT molecular complexity index is 1100. The maximum absolute atomic E-state index is 13.4. The molecular weight excluding hydrogens is 443 g/mol. The third-order valence-corrected chi connectivity index (χ3v) is 6.04. The molecule has 0 radical (unpaired) electrons. The monoisotopic (exact) mass is 466 g/mol. The molecule has 0 aliphatic heterocycles. The van der Waals surface area contributed by atoms with Crippen LogP contribution in [0.3, 0.4) is 0 Å². The van der Waals surface area contributed by atoms with Crippen molar-refractivity contribution in [2.24, 2.45) is 5.92 Å². The zero-order valence-corrected chi connectivity index (χ0v) is 19.1. The fraction of sp³-hybridized carbons (Fsp3) is 0.231. The van der Waals surface area contributed by atoms with E-state index in [1.807, 2.05) is 54.6 Å². The van der Waals surface area contributed by atoms with Crippen molar-refractivity contribution in [3.63, 3.8) is 0 Å². The van der Waals surface area contributed by atoms with Gasteiger partial charge >= 0.3 is 0 Å². The Morgan fingerprint density at radius 3 is 2.28 bits per heavy atom. The van der Waals surface area contributed by atoms with Gasteiger partial charge in [0.1, 0.15) is 0 Å². The normalized spacial score (nSPS) is 12.9. The number of anilines is 1. The van der Waals surface area contributed by atoms with Crippen molar-refractivity contribution in [3.05, 3.63) is 99.5 Å². The fourth-order valence-electron chi connectivity index (χ4n) is 3.48. The predicted molar refractivity (Wildman–Crippen MR) is 129 cm³/mol. The Balaban J connectivity index is 1.54. The summed E-state index contributed by atoms with van der Waals surface area (Å²) in [5, 5.41) is 3.77. The highest BCUT2D eigenvalue weighted by molar-refractivity contribution is 6.37. The number of benzene rings is 3. The van der Waals surface area contributed by atoms with E-state index in [0.717, 1.165) is 23.4 Å². The molecule has 3 aromatic rings. The van der Waals surface area contributed by atoms with Gasteiger partial charge < -0.3 is 10.2 Å². The molecule has 0 saturated heterocycles. The lowest BCUT2D eigenvalue weighted by molar-refractivity contribution is -0.120. The van der Waals surface area contributed by atoms with Gasteiger partial charge in [0.25, 0.3) is 5.91 Å². The number of hydrogen-bond donors (Lipinski definition) is 1. The summed E-state index contributed by atoms with van der Waals surface area (Å²) in [4.78, 5) is 27.3. The maximum atomic E-state index is 13.4. The number of nitrogens with one attached hydrogen (secondary N) is 1. The Morgan fingerprint density at radius 2 is 1.62 bits per heavy atom. The summed E-state index contributed by atoms with van der Waals surface area (Å²) in [6, 6.07) is 22.2. The van der Waals surface area contributed by atoms with Gasteiger partial charge in [-0.2, -0.15) is 0 Å². The van der Waals surface area contributed by atoms with E-state index in [1.165, 1.54) is 12.8 Å². The molecule has 2 amide bonds. The zero-order chi connectivity index (χ0) is 22.5. The van der Waals surface area contributed by atoms with Crippen LogP contribution in [0.2, 0.25) is 10.0 Å². The van der Waals surface area contributed by atoms with Crippen LogP contribution in [0.25, 0.3) is 0 Å². The molecule has 1 N–H and O–H groups in total. The van der Waals surface area contributed by atoms with E-state index in [4.69, 9.17) is 23.2 Å². The first-order valence-corrected chi connectivity index (χ1v) is 11.4. The molecule has 0 spiro atoms. The molecule has 1 saturated carbocycles. The van der Waals surface area contributed by atoms with Crippen molar-refractivity contribution in [2.75, 3.05) is 11.4 Å². The molecule has 3 aromatic carbocycles. The Morgan fingerprint density at radius 1 is 0.906 bits per heavy atom. The van der Waals surface area contributed by atoms with E-state index in [1.54, 1.807) is 23.1 Å². The summed E-state index contributed by atoms with van der Waals surface area (Å²) in [7, 11) is 0. The lowest BCUT2D eigenvalue weighted by Crippen LogP contribution is -2.30. The molecule has 1 fully saturated rings. The SMILES string of the molecule is O=C(Cc1ccc(N(Cc2ccccc2)C(=O)c2ccc(Cl)cc2Cl)cc1)NCC1CC1. The summed E-state index contributed by atoms with van der Waals surface area (Å²) in [6.45, 7) is 1.15. The first-order valence-electron chi connectivity index (χ1n) is 10.7. The maximum Gasteiger partial charge on any atom is 0.260 e. The third-order valence-electron chi connectivity index (χ3n) is 5.49. The molecule has 0 bridgehead atoms. The van der Waals surface area contributed by atoms with Crippen molar-refractivity contribution in [2.45, 2.75) is 25.8 Å². The van der Waals surface area contributed by atoms with Gasteiger partial charge in [-0.05, 0) is 60.2 Å². The lowest BCUT2D eigenvalue weighted by atomic mass is 10.1. The van der Waals surface area contributed by atoms with Gasteiger partial charge in [-0.25, -0.2) is 0 Å². The van der Waals surface area contributed by atoms with Gasteiger partial charge in [0.15, 0.2) is 0 Å². The van der Waals surface area contributed by atoms with Gasteiger partial charge in [-0.3, -0.25) is 9.59 Å². The van der Waals surface area contributed by atoms with E-state index < -0.39 is 0 Å². The molecule has 4 rings (SSSR count). The molecule has 0 atom stereocenters. The van der Waals surface area contributed by atoms with Crippen molar-refractivity contribution in [1.82, 2.24) is 5.32 Å². The van der Waals surface area contributed by atoms with Crippen LogP contribution in [0, 0.1) is 5.92 Å². The molecule has 4 nitrogen and oxygen atoms in total. The van der Waals surface area contributed by atoms with E-state index in [0.29, 0.717) is 34.5 Å². The number of rotatable bonds is 8. The smallest absolute Gasteiger partial charge is 0.260 e. The highest BCUT2D eigenvalue weighted by atomic mass is 35.5. The summed E-state index contributed by atoms with van der Waals surface area (Å²) in [6.07, 6.45) is 2.73. The quantitative estimate of drug-likeness (QED) is 0.448. The average Bonchev–Trinajstić information content (AvgIpc) is 3.62. The predicted octanol–water partition coefficient (Wildman–Crippen LogP) is 5.91. The second-order valence-electron chi connectivity index (χ2n) is 8.09. The summed E-state index contributed by atoms with van der Waals surface area (Å²) in [5.74, 6) is 0.457. The van der Waals surface area contributed by atoms with E-state index >= 15 is 0 Å². The molecule has 1 aliphatic rings. The summed E-state index contributed by atoms with van der Waals surface area (Å²) >= 11 is 12.3. The van der Waals surface area contributed by atoms with Crippen LogP contribution in [0.1, 0.15) is 34.3 Å². The van der Waals surface area contributed by atoms with Crippen LogP contribution in [-0.2, 0) is 17.8 Å². The van der Waals surface area contributed by atoms with Crippen LogP contribution in [0.4, 0.5) is 5.69 Å². The number of nitrogens with zero attached hydrogens (tertiary/aromatic N) is 1. The molecule has 0 aromatic heterocycles. The first kappa shape index (κ1) is 22.4. The number of hydrogen-bond acceptors (Lipinski definition) is 2. The molecule has 32 heavy (non-hydrogen) atoms. The number of carbonyl (C=O) groups excluding carboxylic acids is 2. The minimum absolute atomic E-state index is 0.0230. The van der Waals surface area contributed by atoms with Gasteiger partial charge in [0, 0.05) is 17.3 Å². The Kier molecular flexibility index (Phi) is 7.13. The van der Waals surface area contributed by atoms with Crippen molar-refractivity contribution < 1.29 is 9.59 Å². The van der Waals surface area contributed by atoms with Crippen molar-refractivity contribution in [1.29, 1.82) is 0 Å². The van der Waals surface area contributed by atoms with Gasteiger partial charge in [-0.15, -0.1) is 0 Å². The fourth-order valence-corrected chi connectivity index (χ4v) is 3.97. The molecule has 164 valence electrons. The van der Waals surface area contributed by atoms with E-state index in [-0.39, 0.29) is 11.8 Å². The van der Waals surface area contributed by atoms with Crippen molar-refractivity contribution >= 4 is 40.7 Å². The molecule has 6 heteroatoms. The molecule has 0 unspecified atom stereocenters. The van der Waals surface area contributed by atoms with Crippen LogP contribution in [0.15, 0.2) is 72.8 Å². The molecular formula is C26H24Cl2N2O2. The second kappa shape index (κ2) is 10.2. The van der Waals surface area contributed by atoms with Crippen LogP contribution in [0.5, 0.6) is 0 Å². The standard InChI is InChI=1S/C26H24Cl2N2O2/c27-21-10-13-23(24(28)15-21)26(32)30(17-20-4-2-1-3-5-20)22-11-8-18(9-12-22)14-25(31)29-16-19-6-7-19/h1-5,8-13,15,19H,6-7,14,16-17H2,(H,29,31). The Labute approximate surface area is 198 Å². The highest BCUT2D eigenvalue weighted by Gasteiger charge is 2.22.